The molecule has 2 saturated heterocycles. The molecule has 0 spiro atoms. The van der Waals surface area contributed by atoms with Crippen molar-refractivity contribution >= 4 is 38.4 Å². The summed E-state index contributed by atoms with van der Waals surface area (Å²) in [4.78, 5) is 18.5. The number of fused-ring (bicyclic) bond motifs is 1. The van der Waals surface area contributed by atoms with Gasteiger partial charge in [-0.25, -0.2) is 12.8 Å². The number of benzene rings is 2. The summed E-state index contributed by atoms with van der Waals surface area (Å²) in [5.41, 5.74) is 1.46. The standard InChI is InChI=1S/C19H17FN2O3S2/c1-12-7-8-14(9-15(12)20)22-16-10-27(24,25)11-17(16)26-19(22)21-18(23)13-5-3-2-4-6-13/h2-9,16-17H,10-11H2,1H3/t16-,17+/m1/s1. The predicted octanol–water partition coefficient (Wildman–Crippen LogP) is 3.05. The van der Waals surface area contributed by atoms with E-state index < -0.39 is 15.7 Å². The Hall–Kier alpha value is -2.19. The summed E-state index contributed by atoms with van der Waals surface area (Å²) in [6.07, 6.45) is 0. The summed E-state index contributed by atoms with van der Waals surface area (Å²) in [5, 5.41) is 0.193. The average Bonchev–Trinajstić information content (AvgIpc) is 3.09. The minimum atomic E-state index is -3.16. The number of halogens is 1. The van der Waals surface area contributed by atoms with Crippen LogP contribution in [-0.4, -0.2) is 42.3 Å². The number of anilines is 1. The normalized spacial score (nSPS) is 25.0. The van der Waals surface area contributed by atoms with Crippen molar-refractivity contribution in [2.45, 2.75) is 18.2 Å². The van der Waals surface area contributed by atoms with Crippen LogP contribution in [0, 0.1) is 12.7 Å². The fourth-order valence-corrected chi connectivity index (χ4v) is 7.24. The molecular weight excluding hydrogens is 387 g/mol. The zero-order chi connectivity index (χ0) is 19.2. The molecule has 0 saturated carbocycles. The molecule has 2 aliphatic heterocycles. The molecule has 0 radical (unpaired) electrons. The third-order valence-electron chi connectivity index (χ3n) is 4.72. The molecular formula is C19H17FN2O3S2. The number of aryl methyl sites for hydroxylation is 1. The molecule has 0 unspecified atom stereocenters. The maximum Gasteiger partial charge on any atom is 0.279 e. The Balaban J connectivity index is 1.75. The first-order valence-corrected chi connectivity index (χ1v) is 11.1. The summed E-state index contributed by atoms with van der Waals surface area (Å²) in [6, 6.07) is 13.0. The lowest BCUT2D eigenvalue weighted by atomic mass is 10.1. The van der Waals surface area contributed by atoms with Crippen molar-refractivity contribution in [1.82, 2.24) is 0 Å². The van der Waals surface area contributed by atoms with Gasteiger partial charge in [-0.3, -0.25) is 4.79 Å². The lowest BCUT2D eigenvalue weighted by Gasteiger charge is -2.24. The monoisotopic (exact) mass is 404 g/mol. The highest BCUT2D eigenvalue weighted by molar-refractivity contribution is 8.16. The van der Waals surface area contributed by atoms with E-state index in [-0.39, 0.29) is 28.6 Å². The molecule has 2 aromatic rings. The highest BCUT2D eigenvalue weighted by atomic mass is 32.2. The van der Waals surface area contributed by atoms with Crippen LogP contribution in [0.3, 0.4) is 0 Å². The molecule has 1 amide bonds. The second-order valence-corrected chi connectivity index (χ2v) is 10.0. The molecule has 0 aliphatic carbocycles. The van der Waals surface area contributed by atoms with Gasteiger partial charge in [-0.2, -0.15) is 4.99 Å². The Morgan fingerprint density at radius 3 is 2.63 bits per heavy atom. The van der Waals surface area contributed by atoms with Crippen LogP contribution in [0.5, 0.6) is 0 Å². The number of hydrogen-bond donors (Lipinski definition) is 0. The molecule has 8 heteroatoms. The molecule has 140 valence electrons. The number of amides is 1. The number of sulfone groups is 1. The summed E-state index contributed by atoms with van der Waals surface area (Å²) in [7, 11) is -3.16. The van der Waals surface area contributed by atoms with E-state index in [4.69, 9.17) is 0 Å². The number of aliphatic imine (C=N–C) groups is 1. The number of hydrogen-bond acceptors (Lipinski definition) is 4. The second kappa shape index (κ2) is 6.76. The molecule has 2 fully saturated rings. The topological polar surface area (TPSA) is 66.8 Å². The van der Waals surface area contributed by atoms with Gasteiger partial charge in [0.1, 0.15) is 5.82 Å². The van der Waals surface area contributed by atoms with Crippen LogP contribution in [-0.2, 0) is 9.84 Å². The van der Waals surface area contributed by atoms with Gasteiger partial charge in [0.25, 0.3) is 5.91 Å². The Morgan fingerprint density at radius 2 is 1.93 bits per heavy atom. The van der Waals surface area contributed by atoms with Gasteiger partial charge in [0.2, 0.25) is 0 Å². The van der Waals surface area contributed by atoms with Crippen LogP contribution in [0.4, 0.5) is 10.1 Å². The van der Waals surface area contributed by atoms with Crippen molar-refractivity contribution < 1.29 is 17.6 Å². The molecule has 27 heavy (non-hydrogen) atoms. The maximum atomic E-state index is 14.1. The van der Waals surface area contributed by atoms with Crippen LogP contribution in [0.1, 0.15) is 15.9 Å². The van der Waals surface area contributed by atoms with Crippen LogP contribution < -0.4 is 4.90 Å². The van der Waals surface area contributed by atoms with Crippen LogP contribution in [0.2, 0.25) is 0 Å². The fourth-order valence-electron chi connectivity index (χ4n) is 3.33. The number of carbonyl (C=O) groups is 1. The molecule has 2 aromatic carbocycles. The Labute approximate surface area is 161 Å². The fraction of sp³-hybridized carbons (Fsp3) is 0.263. The van der Waals surface area contributed by atoms with Gasteiger partial charge in [0, 0.05) is 16.5 Å². The third-order valence-corrected chi connectivity index (χ3v) is 7.93. The van der Waals surface area contributed by atoms with Crippen molar-refractivity contribution in [1.29, 1.82) is 0 Å². The van der Waals surface area contributed by atoms with E-state index in [9.17, 15) is 17.6 Å². The lowest BCUT2D eigenvalue weighted by Crippen LogP contribution is -2.37. The van der Waals surface area contributed by atoms with Crippen molar-refractivity contribution in [3.63, 3.8) is 0 Å². The zero-order valence-electron chi connectivity index (χ0n) is 14.5. The van der Waals surface area contributed by atoms with E-state index in [1.165, 1.54) is 17.8 Å². The first-order valence-electron chi connectivity index (χ1n) is 8.44. The number of nitrogens with zero attached hydrogens (tertiary/aromatic N) is 2. The van der Waals surface area contributed by atoms with E-state index in [1.54, 1.807) is 48.2 Å². The zero-order valence-corrected chi connectivity index (χ0v) is 16.1. The van der Waals surface area contributed by atoms with E-state index in [2.05, 4.69) is 4.99 Å². The molecule has 4 rings (SSSR count). The van der Waals surface area contributed by atoms with Crippen molar-refractivity contribution in [3.05, 3.63) is 65.5 Å². The molecule has 0 N–H and O–H groups in total. The highest BCUT2D eigenvalue weighted by Crippen LogP contribution is 2.41. The minimum Gasteiger partial charge on any atom is -0.315 e. The maximum absolute atomic E-state index is 14.1. The van der Waals surface area contributed by atoms with Gasteiger partial charge in [0.05, 0.1) is 17.5 Å². The first-order chi connectivity index (χ1) is 12.8. The summed E-state index contributed by atoms with van der Waals surface area (Å²) >= 11 is 1.27. The van der Waals surface area contributed by atoms with Gasteiger partial charge < -0.3 is 4.90 Å². The van der Waals surface area contributed by atoms with Gasteiger partial charge in [0.15, 0.2) is 15.0 Å². The molecule has 0 bridgehead atoms. The smallest absolute Gasteiger partial charge is 0.279 e. The third kappa shape index (κ3) is 3.51. The molecule has 2 atom stereocenters. The summed E-state index contributed by atoms with van der Waals surface area (Å²) < 4.78 is 38.3. The summed E-state index contributed by atoms with van der Waals surface area (Å²) in [5.74, 6) is -0.779. The van der Waals surface area contributed by atoms with Gasteiger partial charge >= 0.3 is 0 Å². The molecule has 2 heterocycles. The highest BCUT2D eigenvalue weighted by Gasteiger charge is 2.49. The number of carbonyl (C=O) groups excluding carboxylic acids is 1. The molecule has 0 aromatic heterocycles. The SMILES string of the molecule is Cc1ccc(N2C(=NC(=O)c3ccccc3)S[C@H]3CS(=O)(=O)C[C@H]32)cc1F. The van der Waals surface area contributed by atoms with E-state index in [0.29, 0.717) is 22.0 Å². The molecule has 2 aliphatic rings. The van der Waals surface area contributed by atoms with E-state index in [1.807, 2.05) is 6.07 Å². The Morgan fingerprint density at radius 1 is 1.19 bits per heavy atom. The van der Waals surface area contributed by atoms with E-state index in [0.717, 1.165) is 0 Å². The van der Waals surface area contributed by atoms with E-state index >= 15 is 0 Å². The summed E-state index contributed by atoms with van der Waals surface area (Å²) in [6.45, 7) is 1.66. The Kier molecular flexibility index (Phi) is 4.55. The van der Waals surface area contributed by atoms with Crippen molar-refractivity contribution in [2.75, 3.05) is 16.4 Å². The quantitative estimate of drug-likeness (QED) is 0.770. The number of amidine groups is 1. The minimum absolute atomic E-state index is 0.0291. The predicted molar refractivity (Wildman–Crippen MR) is 106 cm³/mol. The number of thioether (sulfide) groups is 1. The van der Waals surface area contributed by atoms with Crippen LogP contribution in [0.25, 0.3) is 0 Å². The van der Waals surface area contributed by atoms with Gasteiger partial charge in [-0.15, -0.1) is 0 Å². The van der Waals surface area contributed by atoms with Crippen LogP contribution >= 0.6 is 11.8 Å². The number of rotatable bonds is 2. The second-order valence-electron chi connectivity index (χ2n) is 6.67. The van der Waals surface area contributed by atoms with Gasteiger partial charge in [-0.05, 0) is 36.8 Å². The van der Waals surface area contributed by atoms with Gasteiger partial charge in [-0.1, -0.05) is 36.0 Å². The average molecular weight is 404 g/mol. The van der Waals surface area contributed by atoms with Crippen LogP contribution in [0.15, 0.2) is 53.5 Å². The first kappa shape index (κ1) is 18.2. The van der Waals surface area contributed by atoms with Crippen molar-refractivity contribution in [2.24, 2.45) is 4.99 Å². The molecule has 5 nitrogen and oxygen atoms in total. The Bertz CT molecular complexity index is 1040. The lowest BCUT2D eigenvalue weighted by molar-refractivity contribution is 0.100. The van der Waals surface area contributed by atoms with Crippen molar-refractivity contribution in [3.8, 4) is 0 Å². The largest absolute Gasteiger partial charge is 0.315 e.